The minimum absolute atomic E-state index is 0.00287. The van der Waals surface area contributed by atoms with Crippen molar-refractivity contribution in [3.05, 3.63) is 52.7 Å². The van der Waals surface area contributed by atoms with Crippen LogP contribution in [0.4, 0.5) is 18.9 Å². The Morgan fingerprint density at radius 3 is 2.58 bits per heavy atom. The molecule has 0 saturated carbocycles. The summed E-state index contributed by atoms with van der Waals surface area (Å²) in [5.74, 6) is -0.119. The summed E-state index contributed by atoms with van der Waals surface area (Å²) in [4.78, 5) is 5.96. The Kier molecular flexibility index (Phi) is 4.90. The van der Waals surface area contributed by atoms with Gasteiger partial charge in [-0.25, -0.2) is 10.1 Å². The first-order valence-corrected chi connectivity index (χ1v) is 8.67. The van der Waals surface area contributed by atoms with Gasteiger partial charge in [0.05, 0.1) is 5.69 Å². The van der Waals surface area contributed by atoms with Crippen LogP contribution < -0.4 is 0 Å². The summed E-state index contributed by atoms with van der Waals surface area (Å²) in [6, 6.07) is 4.28. The van der Waals surface area contributed by atoms with Gasteiger partial charge in [-0.1, -0.05) is 31.5 Å². The van der Waals surface area contributed by atoms with Crippen LogP contribution in [0.1, 0.15) is 19.4 Å². The Bertz CT molecular complexity index is 799. The number of allylic oxidation sites excluding steroid dienone is 2. The lowest BCUT2D eigenvalue weighted by Crippen LogP contribution is -2.56. The first-order valence-electron chi connectivity index (χ1n) is 8.29. The second-order valence-corrected chi connectivity index (χ2v) is 6.66. The van der Waals surface area contributed by atoms with Gasteiger partial charge in [0.15, 0.2) is 5.84 Å². The molecule has 1 unspecified atom stereocenters. The molecular formula is C18H19ClF3N3O. The third-order valence-corrected chi connectivity index (χ3v) is 5.13. The molecule has 2 aliphatic rings. The highest BCUT2D eigenvalue weighted by atomic mass is 35.5. The highest BCUT2D eigenvalue weighted by Gasteiger charge is 2.62. The zero-order valence-corrected chi connectivity index (χ0v) is 15.1. The van der Waals surface area contributed by atoms with Crippen molar-refractivity contribution in [2.45, 2.75) is 25.4 Å². The van der Waals surface area contributed by atoms with Crippen molar-refractivity contribution in [3.8, 4) is 0 Å². The van der Waals surface area contributed by atoms with Crippen LogP contribution in [0.15, 0.2) is 47.1 Å². The highest BCUT2D eigenvalue weighted by molar-refractivity contribution is 6.30. The molecule has 0 aliphatic carbocycles. The lowest BCUT2D eigenvalue weighted by Gasteiger charge is -2.45. The summed E-state index contributed by atoms with van der Waals surface area (Å²) in [6.07, 6.45) is -0.602. The average Bonchev–Trinajstić information content (AvgIpc) is 2.59. The van der Waals surface area contributed by atoms with Crippen LogP contribution in [-0.2, 0) is 5.41 Å². The number of nitrogens with zero attached hydrogens (tertiary/aromatic N) is 3. The Labute approximate surface area is 154 Å². The molecule has 1 N–H and O–H groups in total. The number of fused-ring (bicyclic) bond motifs is 2. The van der Waals surface area contributed by atoms with Gasteiger partial charge in [-0.2, -0.15) is 13.2 Å². The van der Waals surface area contributed by atoms with Gasteiger partial charge in [0.25, 0.3) is 0 Å². The third-order valence-electron chi connectivity index (χ3n) is 4.89. The lowest BCUT2D eigenvalue weighted by molar-refractivity contribution is -0.183. The molecule has 0 bridgehead atoms. The van der Waals surface area contributed by atoms with Crippen molar-refractivity contribution in [2.75, 3.05) is 19.6 Å². The predicted molar refractivity (Wildman–Crippen MR) is 94.9 cm³/mol. The number of halogens is 4. The molecule has 3 rings (SSSR count). The van der Waals surface area contributed by atoms with E-state index in [2.05, 4.69) is 4.99 Å². The molecule has 1 atom stereocenters. The SMILES string of the molecule is CCN(CC)CC1(C(F)(F)F)C2=CC=CN(O)C2=Nc2ccc(Cl)cc21. The molecule has 2 heterocycles. The van der Waals surface area contributed by atoms with Crippen molar-refractivity contribution in [2.24, 2.45) is 4.99 Å². The maximum absolute atomic E-state index is 14.6. The number of benzene rings is 1. The minimum Gasteiger partial charge on any atom is -0.302 e. The molecule has 1 aromatic rings. The fourth-order valence-corrected chi connectivity index (χ4v) is 3.66. The van der Waals surface area contributed by atoms with Gasteiger partial charge < -0.3 is 4.90 Å². The van der Waals surface area contributed by atoms with Crippen molar-refractivity contribution in [1.82, 2.24) is 9.96 Å². The maximum Gasteiger partial charge on any atom is 0.403 e. The van der Waals surface area contributed by atoms with Gasteiger partial charge >= 0.3 is 6.18 Å². The van der Waals surface area contributed by atoms with Gasteiger partial charge in [0.2, 0.25) is 0 Å². The molecule has 1 aromatic carbocycles. The Morgan fingerprint density at radius 1 is 1.27 bits per heavy atom. The largest absolute Gasteiger partial charge is 0.403 e. The van der Waals surface area contributed by atoms with E-state index >= 15 is 0 Å². The van der Waals surface area contributed by atoms with E-state index in [0.717, 1.165) is 0 Å². The first-order chi connectivity index (χ1) is 12.2. The standard InChI is InChI=1S/C18H19ClF3N3O/c1-3-24(4-2)11-17(18(20,21)22)13-6-5-9-25(26)16(13)23-15-8-7-12(19)10-14(15)17/h5-10,26H,3-4,11H2,1-2H3. The molecule has 2 aliphatic heterocycles. The number of hydrogen-bond acceptors (Lipinski definition) is 4. The van der Waals surface area contributed by atoms with Crippen molar-refractivity contribution < 1.29 is 18.4 Å². The second kappa shape index (κ2) is 6.72. The van der Waals surface area contributed by atoms with Gasteiger partial charge in [-0.05, 0) is 37.4 Å². The summed E-state index contributed by atoms with van der Waals surface area (Å²) >= 11 is 6.04. The number of likely N-dealkylation sites (N-methyl/N-ethyl adjacent to an activating group) is 1. The number of rotatable bonds is 4. The fraction of sp³-hybridized carbons (Fsp3) is 0.389. The summed E-state index contributed by atoms with van der Waals surface area (Å²) in [5, 5.41) is 10.9. The van der Waals surface area contributed by atoms with Gasteiger partial charge in [-0.3, -0.25) is 5.21 Å². The van der Waals surface area contributed by atoms with Crippen LogP contribution in [0.5, 0.6) is 0 Å². The van der Waals surface area contributed by atoms with E-state index in [1.807, 2.05) is 13.8 Å². The Morgan fingerprint density at radius 2 is 1.96 bits per heavy atom. The molecule has 0 spiro atoms. The normalized spacial score (nSPS) is 22.1. The van der Waals surface area contributed by atoms with Crippen LogP contribution in [0.3, 0.4) is 0 Å². The van der Waals surface area contributed by atoms with Crippen LogP contribution in [0, 0.1) is 0 Å². The zero-order chi connectivity index (χ0) is 19.1. The second-order valence-electron chi connectivity index (χ2n) is 6.23. The summed E-state index contributed by atoms with van der Waals surface area (Å²) in [5.41, 5.74) is -2.28. The average molecular weight is 386 g/mol. The number of hydrogen-bond donors (Lipinski definition) is 1. The predicted octanol–water partition coefficient (Wildman–Crippen LogP) is 4.67. The maximum atomic E-state index is 14.6. The Hall–Kier alpha value is -1.83. The number of alkyl halides is 3. The molecule has 26 heavy (non-hydrogen) atoms. The van der Waals surface area contributed by atoms with E-state index in [-0.39, 0.29) is 34.2 Å². The van der Waals surface area contributed by atoms with Crippen molar-refractivity contribution in [1.29, 1.82) is 0 Å². The van der Waals surface area contributed by atoms with E-state index in [1.54, 1.807) is 4.90 Å². The van der Waals surface area contributed by atoms with Crippen LogP contribution in [0.2, 0.25) is 5.02 Å². The number of amidine groups is 1. The van der Waals surface area contributed by atoms with Crippen LogP contribution >= 0.6 is 11.6 Å². The topological polar surface area (TPSA) is 39.1 Å². The van der Waals surface area contributed by atoms with Crippen molar-refractivity contribution >= 4 is 23.1 Å². The minimum atomic E-state index is -4.62. The molecule has 0 fully saturated rings. The van der Waals surface area contributed by atoms with E-state index in [4.69, 9.17) is 11.6 Å². The molecule has 8 heteroatoms. The van der Waals surface area contributed by atoms with Gasteiger partial charge in [0, 0.05) is 28.9 Å². The van der Waals surface area contributed by atoms with E-state index < -0.39 is 11.6 Å². The first kappa shape index (κ1) is 18.9. The molecule has 140 valence electrons. The molecule has 0 saturated heterocycles. The highest BCUT2D eigenvalue weighted by Crippen LogP contribution is 2.54. The van der Waals surface area contributed by atoms with E-state index in [1.165, 1.54) is 36.6 Å². The van der Waals surface area contributed by atoms with Gasteiger partial charge in [0.1, 0.15) is 5.41 Å². The molecule has 4 nitrogen and oxygen atoms in total. The van der Waals surface area contributed by atoms with Gasteiger partial charge in [-0.15, -0.1) is 0 Å². The smallest absolute Gasteiger partial charge is 0.302 e. The fourth-order valence-electron chi connectivity index (χ4n) is 3.49. The van der Waals surface area contributed by atoms with Crippen LogP contribution in [0.25, 0.3) is 0 Å². The Balaban J connectivity index is 2.35. The molecular weight excluding hydrogens is 367 g/mol. The van der Waals surface area contributed by atoms with E-state index in [0.29, 0.717) is 18.2 Å². The summed E-state index contributed by atoms with van der Waals surface area (Å²) in [6.45, 7) is 4.27. The monoisotopic (exact) mass is 385 g/mol. The number of aliphatic imine (C=N–C) groups is 1. The molecule has 0 amide bonds. The summed E-state index contributed by atoms with van der Waals surface area (Å²) < 4.78 is 43.9. The number of hydroxylamine groups is 2. The quantitative estimate of drug-likeness (QED) is 0.818. The van der Waals surface area contributed by atoms with E-state index in [9.17, 15) is 18.4 Å². The summed E-state index contributed by atoms with van der Waals surface area (Å²) in [7, 11) is 0. The van der Waals surface area contributed by atoms with Crippen molar-refractivity contribution in [3.63, 3.8) is 0 Å². The molecule has 0 radical (unpaired) electrons. The lowest BCUT2D eigenvalue weighted by atomic mass is 9.69. The third kappa shape index (κ3) is 2.84. The van der Waals surface area contributed by atoms with Crippen LogP contribution in [-0.4, -0.2) is 46.8 Å². The zero-order valence-electron chi connectivity index (χ0n) is 14.4. The molecule has 0 aromatic heterocycles.